The van der Waals surface area contributed by atoms with Gasteiger partial charge in [-0.25, -0.2) is 0 Å². The molecule has 0 atom stereocenters. The Kier molecular flexibility index (Phi) is 3.97. The summed E-state index contributed by atoms with van der Waals surface area (Å²) in [5.74, 6) is 0. The van der Waals surface area contributed by atoms with Gasteiger partial charge in [0.15, 0.2) is 0 Å². The second kappa shape index (κ2) is 4.06. The maximum atomic E-state index is 5.92. The SMILES string of the molecule is CC(C)(N)/C=C\C(C)(C)CC(C)(C)C. The van der Waals surface area contributed by atoms with Crippen molar-refractivity contribution in [2.24, 2.45) is 16.6 Å². The van der Waals surface area contributed by atoms with Crippen LogP contribution >= 0.6 is 0 Å². The molecule has 84 valence electrons. The van der Waals surface area contributed by atoms with Crippen molar-refractivity contribution < 1.29 is 0 Å². The molecule has 0 rings (SSSR count). The van der Waals surface area contributed by atoms with Crippen molar-refractivity contribution in [2.45, 2.75) is 60.4 Å². The van der Waals surface area contributed by atoms with E-state index in [1.54, 1.807) is 0 Å². The van der Waals surface area contributed by atoms with Crippen LogP contribution in [0.25, 0.3) is 0 Å². The summed E-state index contributed by atoms with van der Waals surface area (Å²) in [5, 5.41) is 0. The third kappa shape index (κ3) is 8.31. The van der Waals surface area contributed by atoms with Crippen LogP contribution in [0.1, 0.15) is 54.9 Å². The molecule has 0 heterocycles. The lowest BCUT2D eigenvalue weighted by Crippen LogP contribution is -2.30. The van der Waals surface area contributed by atoms with Crippen LogP contribution in [0.2, 0.25) is 0 Å². The van der Waals surface area contributed by atoms with Crippen LogP contribution < -0.4 is 5.73 Å². The van der Waals surface area contributed by atoms with Crippen molar-refractivity contribution >= 4 is 0 Å². The summed E-state index contributed by atoms with van der Waals surface area (Å²) >= 11 is 0. The molecule has 1 nitrogen and oxygen atoms in total. The van der Waals surface area contributed by atoms with E-state index in [2.05, 4.69) is 46.8 Å². The Morgan fingerprint density at radius 1 is 0.857 bits per heavy atom. The molecule has 1 heteroatoms. The third-order valence-corrected chi connectivity index (χ3v) is 1.95. The summed E-state index contributed by atoms with van der Waals surface area (Å²) in [7, 11) is 0. The zero-order valence-corrected chi connectivity index (χ0v) is 10.9. The molecule has 0 aliphatic rings. The van der Waals surface area contributed by atoms with E-state index in [1.807, 2.05) is 13.8 Å². The predicted octanol–water partition coefficient (Wildman–Crippen LogP) is 3.74. The monoisotopic (exact) mass is 197 g/mol. The number of allylic oxidation sites excluding steroid dienone is 1. The highest BCUT2D eigenvalue weighted by Crippen LogP contribution is 2.34. The maximum absolute atomic E-state index is 5.92. The van der Waals surface area contributed by atoms with E-state index >= 15 is 0 Å². The van der Waals surface area contributed by atoms with E-state index in [0.717, 1.165) is 0 Å². The van der Waals surface area contributed by atoms with Crippen LogP contribution in [0.5, 0.6) is 0 Å². The van der Waals surface area contributed by atoms with Crippen molar-refractivity contribution in [3.63, 3.8) is 0 Å². The minimum Gasteiger partial charge on any atom is -0.322 e. The zero-order chi connectivity index (χ0) is 11.6. The number of rotatable bonds is 3. The van der Waals surface area contributed by atoms with Gasteiger partial charge >= 0.3 is 0 Å². The van der Waals surface area contributed by atoms with E-state index in [4.69, 9.17) is 5.73 Å². The Balaban J connectivity index is 4.43. The average molecular weight is 197 g/mol. The van der Waals surface area contributed by atoms with E-state index in [-0.39, 0.29) is 11.0 Å². The topological polar surface area (TPSA) is 26.0 Å². The Morgan fingerprint density at radius 2 is 1.29 bits per heavy atom. The van der Waals surface area contributed by atoms with Gasteiger partial charge in [0, 0.05) is 5.54 Å². The van der Waals surface area contributed by atoms with Gasteiger partial charge in [0.05, 0.1) is 0 Å². The summed E-state index contributed by atoms with van der Waals surface area (Å²) in [6.07, 6.45) is 5.53. The summed E-state index contributed by atoms with van der Waals surface area (Å²) < 4.78 is 0. The molecular weight excluding hydrogens is 170 g/mol. The van der Waals surface area contributed by atoms with Gasteiger partial charge in [-0.15, -0.1) is 0 Å². The van der Waals surface area contributed by atoms with E-state index in [1.165, 1.54) is 6.42 Å². The fourth-order valence-electron chi connectivity index (χ4n) is 1.87. The molecule has 2 N–H and O–H groups in total. The summed E-state index contributed by atoms with van der Waals surface area (Å²) in [6, 6.07) is 0. The van der Waals surface area contributed by atoms with Gasteiger partial charge in [-0.3, -0.25) is 0 Å². The van der Waals surface area contributed by atoms with E-state index in [9.17, 15) is 0 Å². The van der Waals surface area contributed by atoms with Crippen molar-refractivity contribution in [3.8, 4) is 0 Å². The lowest BCUT2D eigenvalue weighted by molar-refractivity contribution is 0.261. The standard InChI is InChI=1S/C13H27N/c1-11(2,3)10-12(4,5)8-9-13(6,7)14/h8-9H,10,14H2,1-7H3/b9-8-. The van der Waals surface area contributed by atoms with Crippen LogP contribution in [0.3, 0.4) is 0 Å². The Morgan fingerprint density at radius 3 is 1.57 bits per heavy atom. The molecule has 0 fully saturated rings. The molecule has 0 unspecified atom stereocenters. The van der Waals surface area contributed by atoms with Crippen LogP contribution in [0, 0.1) is 10.8 Å². The minimum absolute atomic E-state index is 0.199. The molecule has 0 spiro atoms. The van der Waals surface area contributed by atoms with Gasteiger partial charge in [-0.1, -0.05) is 46.8 Å². The zero-order valence-electron chi connectivity index (χ0n) is 10.9. The van der Waals surface area contributed by atoms with Crippen molar-refractivity contribution in [2.75, 3.05) is 0 Å². The molecule has 0 amide bonds. The minimum atomic E-state index is -0.199. The molecule has 14 heavy (non-hydrogen) atoms. The van der Waals surface area contributed by atoms with Crippen LogP contribution in [-0.2, 0) is 0 Å². The molecule has 0 aromatic carbocycles. The maximum Gasteiger partial charge on any atom is 0.0281 e. The highest BCUT2D eigenvalue weighted by atomic mass is 14.7. The summed E-state index contributed by atoms with van der Waals surface area (Å²) in [5.41, 5.74) is 6.32. The van der Waals surface area contributed by atoms with Crippen LogP contribution in [0.4, 0.5) is 0 Å². The van der Waals surface area contributed by atoms with Gasteiger partial charge in [-0.05, 0) is 31.1 Å². The Hall–Kier alpha value is -0.300. The lowest BCUT2D eigenvalue weighted by atomic mass is 9.75. The average Bonchev–Trinajstić information content (AvgIpc) is 1.76. The fraction of sp³-hybridized carbons (Fsp3) is 0.846. The highest BCUT2D eigenvalue weighted by Gasteiger charge is 2.23. The molecular formula is C13H27N. The number of hydrogen-bond acceptors (Lipinski definition) is 1. The van der Waals surface area contributed by atoms with Crippen LogP contribution in [0.15, 0.2) is 12.2 Å². The molecule has 0 saturated heterocycles. The summed E-state index contributed by atoms with van der Waals surface area (Å²) in [6.45, 7) is 15.4. The first kappa shape index (κ1) is 13.7. The highest BCUT2D eigenvalue weighted by molar-refractivity contribution is 5.05. The molecule has 0 aliphatic heterocycles. The molecule has 0 bridgehead atoms. The number of hydrogen-bond donors (Lipinski definition) is 1. The smallest absolute Gasteiger partial charge is 0.0281 e. The Labute approximate surface area is 89.8 Å². The normalized spacial score (nSPS) is 15.1. The van der Waals surface area contributed by atoms with Crippen molar-refractivity contribution in [1.29, 1.82) is 0 Å². The molecule has 0 aliphatic carbocycles. The van der Waals surface area contributed by atoms with Crippen molar-refractivity contribution in [3.05, 3.63) is 12.2 Å². The molecule has 0 saturated carbocycles. The van der Waals surface area contributed by atoms with Crippen molar-refractivity contribution in [1.82, 2.24) is 0 Å². The second-order valence-electron chi connectivity index (χ2n) is 6.88. The third-order valence-electron chi connectivity index (χ3n) is 1.95. The number of nitrogens with two attached hydrogens (primary N) is 1. The van der Waals surface area contributed by atoms with Gasteiger partial charge in [0.25, 0.3) is 0 Å². The molecule has 0 aromatic rings. The van der Waals surface area contributed by atoms with Gasteiger partial charge in [-0.2, -0.15) is 0 Å². The molecule has 0 radical (unpaired) electrons. The lowest BCUT2D eigenvalue weighted by Gasteiger charge is -2.30. The van der Waals surface area contributed by atoms with E-state index < -0.39 is 0 Å². The predicted molar refractivity (Wildman–Crippen MR) is 65.3 cm³/mol. The molecule has 0 aromatic heterocycles. The quantitative estimate of drug-likeness (QED) is 0.685. The first-order chi connectivity index (χ1) is 5.91. The van der Waals surface area contributed by atoms with Gasteiger partial charge < -0.3 is 5.73 Å². The Bertz CT molecular complexity index is 198. The largest absolute Gasteiger partial charge is 0.322 e. The van der Waals surface area contributed by atoms with Gasteiger partial charge in [0.1, 0.15) is 0 Å². The fourth-order valence-corrected chi connectivity index (χ4v) is 1.87. The first-order valence-electron chi connectivity index (χ1n) is 5.41. The second-order valence-corrected chi connectivity index (χ2v) is 6.88. The van der Waals surface area contributed by atoms with Crippen LogP contribution in [-0.4, -0.2) is 5.54 Å². The first-order valence-corrected chi connectivity index (χ1v) is 5.41. The van der Waals surface area contributed by atoms with Gasteiger partial charge in [0.2, 0.25) is 0 Å². The summed E-state index contributed by atoms with van der Waals surface area (Å²) in [4.78, 5) is 0. The van der Waals surface area contributed by atoms with E-state index in [0.29, 0.717) is 5.41 Å².